The predicted octanol–water partition coefficient (Wildman–Crippen LogP) is 4.08. The van der Waals surface area contributed by atoms with Crippen molar-refractivity contribution in [2.75, 3.05) is 10.0 Å². The Kier molecular flexibility index (Phi) is 5.88. The van der Waals surface area contributed by atoms with E-state index >= 15 is 0 Å². The van der Waals surface area contributed by atoms with Gasteiger partial charge in [-0.15, -0.1) is 11.3 Å². The van der Waals surface area contributed by atoms with Gasteiger partial charge in [-0.05, 0) is 36.2 Å². The van der Waals surface area contributed by atoms with E-state index in [1.807, 2.05) is 37.3 Å². The first-order valence-corrected chi connectivity index (χ1v) is 10.7. The topological polar surface area (TPSA) is 88.2 Å². The van der Waals surface area contributed by atoms with Gasteiger partial charge in [0, 0.05) is 17.3 Å². The zero-order valence-electron chi connectivity index (χ0n) is 14.6. The Hall–Kier alpha value is -2.71. The number of thiazole rings is 1. The summed E-state index contributed by atoms with van der Waals surface area (Å²) in [5.74, 6) is -0.388. The molecule has 0 bridgehead atoms. The molecule has 2 aromatic carbocycles. The molecule has 0 aliphatic heterocycles. The third kappa shape index (κ3) is 4.72. The lowest BCUT2D eigenvalue weighted by molar-refractivity contribution is -0.117. The van der Waals surface area contributed by atoms with Crippen LogP contribution in [0.15, 0.2) is 71.1 Å². The van der Waals surface area contributed by atoms with Gasteiger partial charge in [-0.25, -0.2) is 13.4 Å². The molecule has 27 heavy (non-hydrogen) atoms. The Morgan fingerprint density at radius 1 is 1.11 bits per heavy atom. The Balaban J connectivity index is 1.71. The van der Waals surface area contributed by atoms with Gasteiger partial charge in [0.05, 0.1) is 10.8 Å². The summed E-state index contributed by atoms with van der Waals surface area (Å²) in [5.41, 5.74) is 1.49. The maximum atomic E-state index is 12.6. The zero-order valence-corrected chi connectivity index (χ0v) is 16.3. The zero-order chi connectivity index (χ0) is 19.3. The maximum Gasteiger partial charge on any atom is 0.263 e. The fourth-order valence-electron chi connectivity index (χ4n) is 2.65. The van der Waals surface area contributed by atoms with Crippen molar-refractivity contribution in [1.82, 2.24) is 4.98 Å². The minimum Gasteiger partial charge on any atom is -0.326 e. The molecule has 3 aromatic rings. The summed E-state index contributed by atoms with van der Waals surface area (Å²) in [5, 5.41) is 4.85. The number of aromatic nitrogens is 1. The van der Waals surface area contributed by atoms with E-state index < -0.39 is 10.0 Å². The van der Waals surface area contributed by atoms with Crippen molar-refractivity contribution in [1.29, 1.82) is 0 Å². The highest BCUT2D eigenvalue weighted by Gasteiger charge is 2.19. The van der Waals surface area contributed by atoms with E-state index in [0.717, 1.165) is 5.56 Å². The molecule has 140 valence electrons. The number of hydrogen-bond acceptors (Lipinski definition) is 5. The Morgan fingerprint density at radius 3 is 2.41 bits per heavy atom. The number of nitrogens with one attached hydrogen (secondary N) is 2. The molecule has 0 radical (unpaired) electrons. The normalized spacial score (nSPS) is 12.3. The van der Waals surface area contributed by atoms with Crippen LogP contribution in [0.1, 0.15) is 24.8 Å². The minimum atomic E-state index is -3.71. The molecule has 1 aromatic heterocycles. The molecule has 0 fully saturated rings. The van der Waals surface area contributed by atoms with E-state index in [1.54, 1.807) is 17.5 Å². The molecule has 2 N–H and O–H groups in total. The van der Waals surface area contributed by atoms with Crippen LogP contribution in [0.4, 0.5) is 10.8 Å². The number of anilines is 2. The van der Waals surface area contributed by atoms with Crippen LogP contribution in [0.3, 0.4) is 0 Å². The summed E-state index contributed by atoms with van der Waals surface area (Å²) in [6, 6.07) is 15.6. The van der Waals surface area contributed by atoms with Gasteiger partial charge < -0.3 is 5.32 Å². The lowest BCUT2D eigenvalue weighted by Crippen LogP contribution is -2.20. The Bertz CT molecular complexity index is 986. The first-order chi connectivity index (χ1) is 13.0. The summed E-state index contributed by atoms with van der Waals surface area (Å²) in [6.07, 6.45) is 2.19. The highest BCUT2D eigenvalue weighted by molar-refractivity contribution is 7.93. The second-order valence-electron chi connectivity index (χ2n) is 5.83. The number of sulfonamides is 1. The van der Waals surface area contributed by atoms with E-state index in [2.05, 4.69) is 15.0 Å². The monoisotopic (exact) mass is 401 g/mol. The van der Waals surface area contributed by atoms with Crippen molar-refractivity contribution >= 4 is 38.1 Å². The van der Waals surface area contributed by atoms with Crippen LogP contribution in [-0.2, 0) is 14.8 Å². The largest absolute Gasteiger partial charge is 0.326 e. The summed E-state index contributed by atoms with van der Waals surface area (Å²) in [6.45, 7) is 1.96. The van der Waals surface area contributed by atoms with Gasteiger partial charge in [0.2, 0.25) is 5.91 Å². The fraction of sp³-hybridized carbons (Fsp3) is 0.158. The second-order valence-corrected chi connectivity index (χ2v) is 8.40. The highest BCUT2D eigenvalue weighted by atomic mass is 32.2. The maximum absolute atomic E-state index is 12.6. The number of nitrogens with zero attached hydrogens (tertiary/aromatic N) is 1. The first kappa shape index (κ1) is 19.1. The standard InChI is InChI=1S/C19H19N3O3S2/c1-2-17(14-6-4-3-5-7-14)18(23)21-15-8-10-16(11-9-15)27(24,25)22-19-20-12-13-26-19/h3-13,17H,2H2,1H3,(H,20,22)(H,21,23)/t17-/m0/s1. The predicted molar refractivity (Wildman–Crippen MR) is 107 cm³/mol. The molecule has 1 atom stereocenters. The molecular formula is C19H19N3O3S2. The van der Waals surface area contributed by atoms with E-state index in [4.69, 9.17) is 0 Å². The van der Waals surface area contributed by atoms with Crippen LogP contribution in [0, 0.1) is 0 Å². The van der Waals surface area contributed by atoms with Crippen LogP contribution in [-0.4, -0.2) is 19.3 Å². The smallest absolute Gasteiger partial charge is 0.263 e. The number of amides is 1. The molecule has 0 aliphatic carbocycles. The van der Waals surface area contributed by atoms with Crippen molar-refractivity contribution in [2.24, 2.45) is 0 Å². The molecule has 0 saturated heterocycles. The first-order valence-electron chi connectivity index (χ1n) is 8.38. The van der Waals surface area contributed by atoms with E-state index in [-0.39, 0.29) is 16.7 Å². The Morgan fingerprint density at radius 2 is 1.81 bits per heavy atom. The van der Waals surface area contributed by atoms with Gasteiger partial charge in [-0.1, -0.05) is 37.3 Å². The molecule has 0 unspecified atom stereocenters. The Labute approximate surface area is 162 Å². The summed E-state index contributed by atoms with van der Waals surface area (Å²) < 4.78 is 27.1. The average Bonchev–Trinajstić information content (AvgIpc) is 3.16. The van der Waals surface area contributed by atoms with Gasteiger partial charge in [0.15, 0.2) is 5.13 Å². The minimum absolute atomic E-state index is 0.103. The second kappa shape index (κ2) is 8.32. The van der Waals surface area contributed by atoms with E-state index in [0.29, 0.717) is 17.2 Å². The average molecular weight is 402 g/mol. The van der Waals surface area contributed by atoms with Crippen molar-refractivity contribution in [3.05, 3.63) is 71.7 Å². The van der Waals surface area contributed by atoms with Gasteiger partial charge in [-0.2, -0.15) is 0 Å². The fourth-order valence-corrected chi connectivity index (χ4v) is 4.44. The van der Waals surface area contributed by atoms with Gasteiger partial charge >= 0.3 is 0 Å². The number of carbonyl (C=O) groups is 1. The van der Waals surface area contributed by atoms with E-state index in [1.165, 1.54) is 29.7 Å². The van der Waals surface area contributed by atoms with Crippen molar-refractivity contribution in [3.63, 3.8) is 0 Å². The molecule has 0 saturated carbocycles. The van der Waals surface area contributed by atoms with Gasteiger partial charge in [0.1, 0.15) is 0 Å². The highest BCUT2D eigenvalue weighted by Crippen LogP contribution is 2.23. The molecule has 0 spiro atoms. The molecule has 3 rings (SSSR count). The SMILES string of the molecule is CC[C@H](C(=O)Nc1ccc(S(=O)(=O)Nc2nccs2)cc1)c1ccccc1. The van der Waals surface area contributed by atoms with Crippen molar-refractivity contribution < 1.29 is 13.2 Å². The molecular weight excluding hydrogens is 382 g/mol. The molecule has 1 amide bonds. The van der Waals surface area contributed by atoms with Gasteiger partial charge in [-0.3, -0.25) is 9.52 Å². The number of rotatable bonds is 7. The molecule has 1 heterocycles. The number of hydrogen-bond donors (Lipinski definition) is 2. The van der Waals surface area contributed by atoms with E-state index in [9.17, 15) is 13.2 Å². The quantitative estimate of drug-likeness (QED) is 0.624. The van der Waals surface area contributed by atoms with Crippen molar-refractivity contribution in [2.45, 2.75) is 24.2 Å². The molecule has 8 heteroatoms. The molecule has 6 nitrogen and oxygen atoms in total. The lowest BCUT2D eigenvalue weighted by atomic mass is 9.95. The van der Waals surface area contributed by atoms with Crippen LogP contribution in [0.5, 0.6) is 0 Å². The van der Waals surface area contributed by atoms with Crippen molar-refractivity contribution in [3.8, 4) is 0 Å². The van der Waals surface area contributed by atoms with Gasteiger partial charge in [0.25, 0.3) is 10.0 Å². The molecule has 0 aliphatic rings. The van der Waals surface area contributed by atoms with Crippen LogP contribution in [0.2, 0.25) is 0 Å². The van der Waals surface area contributed by atoms with Crippen LogP contribution < -0.4 is 10.0 Å². The third-order valence-electron chi connectivity index (χ3n) is 4.01. The summed E-state index contributed by atoms with van der Waals surface area (Å²) in [7, 11) is -3.71. The third-order valence-corrected chi connectivity index (χ3v) is 6.19. The summed E-state index contributed by atoms with van der Waals surface area (Å²) >= 11 is 1.20. The van der Waals surface area contributed by atoms with Crippen LogP contribution >= 0.6 is 11.3 Å². The number of benzene rings is 2. The van der Waals surface area contributed by atoms with Crippen LogP contribution in [0.25, 0.3) is 0 Å². The number of carbonyl (C=O) groups excluding carboxylic acids is 1. The lowest BCUT2D eigenvalue weighted by Gasteiger charge is -2.15. The summed E-state index contributed by atoms with van der Waals surface area (Å²) in [4.78, 5) is 16.6.